The molecule has 0 radical (unpaired) electrons. The van der Waals surface area contributed by atoms with Crippen LogP contribution in [0.4, 0.5) is 11.5 Å². The van der Waals surface area contributed by atoms with Crippen LogP contribution in [0.1, 0.15) is 25.7 Å². The Balaban J connectivity index is 1.53. The molecular formula is C16H24N4O3S. The average molecular weight is 352 g/mol. The molecule has 0 aliphatic carbocycles. The molecule has 0 aromatic carbocycles. The summed E-state index contributed by atoms with van der Waals surface area (Å²) in [5.74, 6) is 0.307. The standard InChI is InChI=1S/C16H24N4O3S/c1-24(22,23)20-10-6-13(7-11-20)16(21)18-15-5-4-14(12-17-15)19-8-2-3-9-19/h4-5,12-13H,2-3,6-11H2,1H3,(H,17,18,21). The van der Waals surface area contributed by atoms with Crippen molar-refractivity contribution in [3.05, 3.63) is 18.3 Å². The first-order chi connectivity index (χ1) is 11.4. The minimum absolute atomic E-state index is 0.0791. The topological polar surface area (TPSA) is 82.6 Å². The van der Waals surface area contributed by atoms with Gasteiger partial charge in [0.1, 0.15) is 5.82 Å². The maximum atomic E-state index is 12.3. The number of amides is 1. The van der Waals surface area contributed by atoms with Crippen molar-refractivity contribution in [3.63, 3.8) is 0 Å². The highest BCUT2D eigenvalue weighted by atomic mass is 32.2. The third-order valence-electron chi connectivity index (χ3n) is 4.76. The summed E-state index contributed by atoms with van der Waals surface area (Å²) in [6.07, 6.45) is 6.53. The summed E-state index contributed by atoms with van der Waals surface area (Å²) in [6, 6.07) is 3.82. The first kappa shape index (κ1) is 17.2. The molecule has 0 bridgehead atoms. The molecular weight excluding hydrogens is 328 g/mol. The maximum Gasteiger partial charge on any atom is 0.228 e. The van der Waals surface area contributed by atoms with Crippen LogP contribution >= 0.6 is 0 Å². The van der Waals surface area contributed by atoms with E-state index in [9.17, 15) is 13.2 Å². The van der Waals surface area contributed by atoms with Gasteiger partial charge in [-0.2, -0.15) is 0 Å². The SMILES string of the molecule is CS(=O)(=O)N1CCC(C(=O)Nc2ccc(N3CCCC3)cn2)CC1. The molecule has 2 aliphatic heterocycles. The van der Waals surface area contributed by atoms with E-state index in [-0.39, 0.29) is 11.8 Å². The van der Waals surface area contributed by atoms with Crippen LogP contribution in [0.15, 0.2) is 18.3 Å². The number of sulfonamides is 1. The normalized spacial score (nSPS) is 20.3. The Morgan fingerprint density at radius 1 is 1.17 bits per heavy atom. The predicted octanol–water partition coefficient (Wildman–Crippen LogP) is 1.29. The van der Waals surface area contributed by atoms with Gasteiger partial charge in [-0.15, -0.1) is 0 Å². The van der Waals surface area contributed by atoms with E-state index in [1.54, 1.807) is 6.20 Å². The molecule has 3 heterocycles. The Morgan fingerprint density at radius 2 is 1.83 bits per heavy atom. The molecule has 2 saturated heterocycles. The van der Waals surface area contributed by atoms with Crippen molar-refractivity contribution in [3.8, 4) is 0 Å². The van der Waals surface area contributed by atoms with Crippen molar-refractivity contribution >= 4 is 27.4 Å². The number of rotatable bonds is 4. The lowest BCUT2D eigenvalue weighted by Crippen LogP contribution is -2.40. The molecule has 2 fully saturated rings. The number of aromatic nitrogens is 1. The van der Waals surface area contributed by atoms with E-state index >= 15 is 0 Å². The summed E-state index contributed by atoms with van der Waals surface area (Å²) in [6.45, 7) is 2.93. The highest BCUT2D eigenvalue weighted by molar-refractivity contribution is 7.88. The van der Waals surface area contributed by atoms with Gasteiger partial charge >= 0.3 is 0 Å². The molecule has 2 aliphatic rings. The number of pyridine rings is 1. The van der Waals surface area contributed by atoms with Gasteiger partial charge in [-0.3, -0.25) is 4.79 Å². The summed E-state index contributed by atoms with van der Waals surface area (Å²) in [7, 11) is -3.16. The fraction of sp³-hybridized carbons (Fsp3) is 0.625. The van der Waals surface area contributed by atoms with Crippen LogP contribution in [0.2, 0.25) is 0 Å². The van der Waals surface area contributed by atoms with Crippen LogP contribution < -0.4 is 10.2 Å². The first-order valence-corrected chi connectivity index (χ1v) is 10.3. The van der Waals surface area contributed by atoms with Crippen LogP contribution in [0.25, 0.3) is 0 Å². The van der Waals surface area contributed by atoms with Crippen molar-refractivity contribution in [1.82, 2.24) is 9.29 Å². The molecule has 7 nitrogen and oxygen atoms in total. The highest BCUT2D eigenvalue weighted by Gasteiger charge is 2.29. The van der Waals surface area contributed by atoms with Crippen LogP contribution in [0.5, 0.6) is 0 Å². The number of piperidine rings is 1. The smallest absolute Gasteiger partial charge is 0.228 e. The number of nitrogens with zero attached hydrogens (tertiary/aromatic N) is 3. The zero-order chi connectivity index (χ0) is 17.2. The molecule has 8 heteroatoms. The molecule has 1 N–H and O–H groups in total. The zero-order valence-corrected chi connectivity index (χ0v) is 14.8. The quantitative estimate of drug-likeness (QED) is 0.883. The molecule has 1 aromatic rings. The van der Waals surface area contributed by atoms with Gasteiger partial charge in [-0.25, -0.2) is 17.7 Å². The molecule has 132 valence electrons. The van der Waals surface area contributed by atoms with E-state index in [2.05, 4.69) is 15.2 Å². The number of carbonyl (C=O) groups is 1. The van der Waals surface area contributed by atoms with Gasteiger partial charge in [-0.05, 0) is 37.8 Å². The van der Waals surface area contributed by atoms with Gasteiger partial charge in [-0.1, -0.05) is 0 Å². The minimum Gasteiger partial charge on any atom is -0.370 e. The minimum atomic E-state index is -3.16. The van der Waals surface area contributed by atoms with E-state index in [0.29, 0.717) is 31.7 Å². The molecule has 0 spiro atoms. The zero-order valence-electron chi connectivity index (χ0n) is 13.9. The number of carbonyl (C=O) groups excluding carboxylic acids is 1. The molecule has 0 unspecified atom stereocenters. The third-order valence-corrected chi connectivity index (χ3v) is 6.07. The molecule has 0 atom stereocenters. The second-order valence-corrected chi connectivity index (χ2v) is 8.50. The molecule has 3 rings (SSSR count). The fourth-order valence-electron chi connectivity index (χ4n) is 3.30. The van der Waals surface area contributed by atoms with Crippen LogP contribution in [-0.2, 0) is 14.8 Å². The fourth-order valence-corrected chi connectivity index (χ4v) is 4.17. The lowest BCUT2D eigenvalue weighted by Gasteiger charge is -2.29. The van der Waals surface area contributed by atoms with E-state index < -0.39 is 10.0 Å². The second kappa shape index (κ2) is 7.06. The predicted molar refractivity (Wildman–Crippen MR) is 93.5 cm³/mol. The average Bonchev–Trinajstić information content (AvgIpc) is 3.09. The van der Waals surface area contributed by atoms with Gasteiger partial charge in [0, 0.05) is 32.1 Å². The van der Waals surface area contributed by atoms with E-state index in [4.69, 9.17) is 0 Å². The van der Waals surface area contributed by atoms with Gasteiger partial charge in [0.15, 0.2) is 0 Å². The molecule has 1 aromatic heterocycles. The van der Waals surface area contributed by atoms with Gasteiger partial charge in [0.2, 0.25) is 15.9 Å². The van der Waals surface area contributed by atoms with E-state index in [0.717, 1.165) is 18.8 Å². The van der Waals surface area contributed by atoms with Crippen molar-refractivity contribution in [2.75, 3.05) is 42.7 Å². The van der Waals surface area contributed by atoms with Gasteiger partial charge in [0.05, 0.1) is 18.1 Å². The van der Waals surface area contributed by atoms with Crippen molar-refractivity contribution < 1.29 is 13.2 Å². The summed E-state index contributed by atoms with van der Waals surface area (Å²) in [5.41, 5.74) is 1.09. The Kier molecular flexibility index (Phi) is 5.05. The summed E-state index contributed by atoms with van der Waals surface area (Å²) < 4.78 is 24.4. The number of anilines is 2. The number of hydrogen-bond donors (Lipinski definition) is 1. The third kappa shape index (κ3) is 4.05. The first-order valence-electron chi connectivity index (χ1n) is 8.40. The van der Waals surface area contributed by atoms with Crippen LogP contribution in [0, 0.1) is 5.92 Å². The Bertz CT molecular complexity index is 676. The Morgan fingerprint density at radius 3 is 2.38 bits per heavy atom. The van der Waals surface area contributed by atoms with Gasteiger partial charge < -0.3 is 10.2 Å². The number of hydrogen-bond acceptors (Lipinski definition) is 5. The van der Waals surface area contributed by atoms with Crippen LogP contribution in [-0.4, -0.2) is 56.0 Å². The molecule has 24 heavy (non-hydrogen) atoms. The molecule has 0 saturated carbocycles. The summed E-state index contributed by atoms with van der Waals surface area (Å²) >= 11 is 0. The lowest BCUT2D eigenvalue weighted by atomic mass is 9.97. The monoisotopic (exact) mass is 352 g/mol. The van der Waals surface area contributed by atoms with Gasteiger partial charge in [0.25, 0.3) is 0 Å². The molecule has 1 amide bonds. The van der Waals surface area contributed by atoms with Crippen molar-refractivity contribution in [1.29, 1.82) is 0 Å². The van der Waals surface area contributed by atoms with Crippen LogP contribution in [0.3, 0.4) is 0 Å². The Hall–Kier alpha value is -1.67. The second-order valence-electron chi connectivity index (χ2n) is 6.52. The maximum absolute atomic E-state index is 12.3. The summed E-state index contributed by atoms with van der Waals surface area (Å²) in [4.78, 5) is 19.0. The van der Waals surface area contributed by atoms with Crippen molar-refractivity contribution in [2.45, 2.75) is 25.7 Å². The lowest BCUT2D eigenvalue weighted by molar-refractivity contribution is -0.120. The highest BCUT2D eigenvalue weighted by Crippen LogP contribution is 2.22. The van der Waals surface area contributed by atoms with Crippen molar-refractivity contribution in [2.24, 2.45) is 5.92 Å². The number of nitrogens with one attached hydrogen (secondary N) is 1. The Labute approximate surface area is 143 Å². The summed E-state index contributed by atoms with van der Waals surface area (Å²) in [5, 5.41) is 2.85. The van der Waals surface area contributed by atoms with E-state index in [1.807, 2.05) is 12.1 Å². The van der Waals surface area contributed by atoms with E-state index in [1.165, 1.54) is 23.4 Å². The largest absolute Gasteiger partial charge is 0.370 e.